The fourth-order valence-corrected chi connectivity index (χ4v) is 3.30. The van der Waals surface area contributed by atoms with Crippen molar-refractivity contribution in [2.75, 3.05) is 5.75 Å². The van der Waals surface area contributed by atoms with E-state index in [1.807, 2.05) is 30.3 Å². The van der Waals surface area contributed by atoms with Crippen LogP contribution in [0.4, 0.5) is 0 Å². The molecule has 0 aliphatic carbocycles. The number of H-pyrrole nitrogens is 1. The van der Waals surface area contributed by atoms with Crippen LogP contribution in [0.25, 0.3) is 0 Å². The molecule has 0 fully saturated rings. The summed E-state index contributed by atoms with van der Waals surface area (Å²) >= 11 is 1.22. The van der Waals surface area contributed by atoms with Crippen LogP contribution in [0.1, 0.15) is 32.7 Å². The molecule has 2 aromatic carbocycles. The highest BCUT2D eigenvalue weighted by Gasteiger charge is 2.12. The first-order valence-corrected chi connectivity index (χ1v) is 9.35. The van der Waals surface area contributed by atoms with Gasteiger partial charge in [0.05, 0.1) is 23.1 Å². The third-order valence-corrected chi connectivity index (χ3v) is 4.99. The van der Waals surface area contributed by atoms with E-state index in [0.717, 1.165) is 5.56 Å². The fraction of sp³-hybridized carbons (Fsp3) is 0.143. The molecule has 0 atom stereocenters. The smallest absolute Gasteiger partial charge is 0.254 e. The molecule has 3 aromatic rings. The third kappa shape index (κ3) is 4.72. The van der Waals surface area contributed by atoms with Crippen molar-refractivity contribution in [3.63, 3.8) is 0 Å². The highest BCUT2D eigenvalue weighted by Crippen LogP contribution is 2.17. The quantitative estimate of drug-likeness (QED) is 0.405. The van der Waals surface area contributed by atoms with E-state index in [-0.39, 0.29) is 17.1 Å². The van der Waals surface area contributed by atoms with Crippen molar-refractivity contribution in [3.8, 4) is 6.07 Å². The number of nitriles is 1. The number of nitrogens with one attached hydrogen (secondary N) is 1. The second-order valence-electron chi connectivity index (χ2n) is 6.01. The monoisotopic (exact) mass is 375 g/mol. The van der Waals surface area contributed by atoms with Gasteiger partial charge in [-0.3, -0.25) is 9.59 Å². The van der Waals surface area contributed by atoms with Gasteiger partial charge in [0.15, 0.2) is 10.9 Å². The lowest BCUT2D eigenvalue weighted by atomic mass is 10.1. The summed E-state index contributed by atoms with van der Waals surface area (Å²) in [6.07, 6.45) is 0.488. The molecular formula is C21H17N3O2S. The number of ketones is 1. The fourth-order valence-electron chi connectivity index (χ4n) is 2.53. The maximum atomic E-state index is 12.2. The number of benzene rings is 2. The van der Waals surface area contributed by atoms with Crippen molar-refractivity contribution in [2.24, 2.45) is 0 Å². The molecule has 0 aliphatic heterocycles. The molecule has 6 heteroatoms. The summed E-state index contributed by atoms with van der Waals surface area (Å²) in [5, 5.41) is 9.31. The Morgan fingerprint density at radius 2 is 1.85 bits per heavy atom. The van der Waals surface area contributed by atoms with Crippen LogP contribution < -0.4 is 5.56 Å². The summed E-state index contributed by atoms with van der Waals surface area (Å²) < 4.78 is 0. The first-order chi connectivity index (χ1) is 13.1. The lowest BCUT2D eigenvalue weighted by Gasteiger charge is -2.08. The van der Waals surface area contributed by atoms with E-state index < -0.39 is 0 Å². The van der Waals surface area contributed by atoms with Gasteiger partial charge in [-0.25, -0.2) is 4.98 Å². The van der Waals surface area contributed by atoms with Crippen molar-refractivity contribution < 1.29 is 4.79 Å². The largest absolute Gasteiger partial charge is 0.301 e. The van der Waals surface area contributed by atoms with Gasteiger partial charge in [0.2, 0.25) is 0 Å². The summed E-state index contributed by atoms with van der Waals surface area (Å²) in [4.78, 5) is 31.7. The van der Waals surface area contributed by atoms with E-state index in [0.29, 0.717) is 34.0 Å². The number of Topliss-reactive ketones (excluding diaryl/α,β-unsaturated/α-hetero) is 1. The molecule has 0 saturated carbocycles. The number of carbonyl (C=O) groups excluding carboxylic acids is 1. The van der Waals surface area contributed by atoms with Gasteiger partial charge in [-0.2, -0.15) is 5.26 Å². The first-order valence-electron chi connectivity index (χ1n) is 8.36. The van der Waals surface area contributed by atoms with E-state index in [9.17, 15) is 9.59 Å². The number of aromatic nitrogens is 2. The Morgan fingerprint density at radius 1 is 1.15 bits per heavy atom. The molecular weight excluding hydrogens is 358 g/mol. The molecule has 0 radical (unpaired) electrons. The molecule has 1 heterocycles. The highest BCUT2D eigenvalue weighted by atomic mass is 32.2. The topological polar surface area (TPSA) is 86.6 Å². The molecule has 27 heavy (non-hydrogen) atoms. The summed E-state index contributed by atoms with van der Waals surface area (Å²) in [6, 6.07) is 18.3. The van der Waals surface area contributed by atoms with E-state index in [1.165, 1.54) is 11.8 Å². The highest BCUT2D eigenvalue weighted by molar-refractivity contribution is 7.99. The van der Waals surface area contributed by atoms with Gasteiger partial charge >= 0.3 is 0 Å². The number of hydrogen-bond acceptors (Lipinski definition) is 5. The van der Waals surface area contributed by atoms with E-state index in [2.05, 4.69) is 16.0 Å². The maximum Gasteiger partial charge on any atom is 0.254 e. The van der Waals surface area contributed by atoms with Crippen LogP contribution in [-0.4, -0.2) is 21.5 Å². The lowest BCUT2D eigenvalue weighted by molar-refractivity contribution is 0.102. The summed E-state index contributed by atoms with van der Waals surface area (Å²) in [7, 11) is 0. The Labute approximate surface area is 161 Å². The van der Waals surface area contributed by atoms with Gasteiger partial charge in [0.1, 0.15) is 0 Å². The minimum Gasteiger partial charge on any atom is -0.301 e. The lowest BCUT2D eigenvalue weighted by Crippen LogP contribution is -2.16. The molecule has 0 amide bonds. The number of rotatable bonds is 6. The van der Waals surface area contributed by atoms with Gasteiger partial charge in [0.25, 0.3) is 5.56 Å². The average molecular weight is 375 g/mol. The maximum absolute atomic E-state index is 12.2. The first kappa shape index (κ1) is 18.6. The van der Waals surface area contributed by atoms with Crippen molar-refractivity contribution in [3.05, 3.63) is 92.9 Å². The molecule has 0 aliphatic rings. The number of aromatic amines is 1. The molecule has 5 nitrogen and oxygen atoms in total. The Balaban J connectivity index is 1.76. The molecule has 0 unspecified atom stereocenters. The van der Waals surface area contributed by atoms with E-state index in [4.69, 9.17) is 5.26 Å². The average Bonchev–Trinajstić information content (AvgIpc) is 2.71. The summed E-state index contributed by atoms with van der Waals surface area (Å²) in [5.74, 6) is 0.184. The van der Waals surface area contributed by atoms with Crippen LogP contribution in [0, 0.1) is 18.3 Å². The number of carbonyl (C=O) groups is 1. The van der Waals surface area contributed by atoms with Crippen LogP contribution in [0.2, 0.25) is 0 Å². The summed E-state index contributed by atoms with van der Waals surface area (Å²) in [5.41, 5.74) is 3.20. The van der Waals surface area contributed by atoms with Crippen molar-refractivity contribution in [2.45, 2.75) is 18.5 Å². The van der Waals surface area contributed by atoms with Crippen LogP contribution in [0.15, 0.2) is 64.5 Å². The van der Waals surface area contributed by atoms with Crippen molar-refractivity contribution >= 4 is 17.5 Å². The molecule has 0 spiro atoms. The van der Waals surface area contributed by atoms with Gasteiger partial charge in [-0.15, -0.1) is 0 Å². The zero-order valence-corrected chi connectivity index (χ0v) is 15.5. The SMILES string of the molecule is Cc1c(Cc2ccc(C#N)cc2)nc(SCC(=O)c2ccccc2)[nH]c1=O. The van der Waals surface area contributed by atoms with Gasteiger partial charge < -0.3 is 4.98 Å². The molecule has 0 bridgehead atoms. The molecule has 0 saturated heterocycles. The number of nitrogens with zero attached hydrogens (tertiary/aromatic N) is 2. The van der Waals surface area contributed by atoms with E-state index >= 15 is 0 Å². The van der Waals surface area contributed by atoms with Crippen molar-refractivity contribution in [1.29, 1.82) is 5.26 Å². The molecule has 3 rings (SSSR count). The minimum absolute atomic E-state index is 0.0162. The Morgan fingerprint density at radius 3 is 2.52 bits per heavy atom. The Hall–Kier alpha value is -3.17. The Kier molecular flexibility index (Phi) is 5.84. The predicted molar refractivity (Wildman–Crippen MR) is 105 cm³/mol. The normalized spacial score (nSPS) is 10.4. The van der Waals surface area contributed by atoms with Gasteiger partial charge in [-0.1, -0.05) is 54.2 Å². The summed E-state index contributed by atoms with van der Waals surface area (Å²) in [6.45, 7) is 1.73. The Bertz CT molecular complexity index is 1050. The standard InChI is InChI=1S/C21H17N3O2S/c1-14-18(11-15-7-9-16(12-22)10-8-15)23-21(24-20(14)26)27-13-19(25)17-5-3-2-4-6-17/h2-10H,11,13H2,1H3,(H,23,24,26). The zero-order chi connectivity index (χ0) is 19.2. The number of thioether (sulfide) groups is 1. The molecule has 1 aromatic heterocycles. The van der Waals surface area contributed by atoms with E-state index in [1.54, 1.807) is 31.2 Å². The van der Waals surface area contributed by atoms with Crippen LogP contribution in [-0.2, 0) is 6.42 Å². The molecule has 1 N–H and O–H groups in total. The minimum atomic E-state index is -0.205. The predicted octanol–water partition coefficient (Wildman–Crippen LogP) is 3.52. The second-order valence-corrected chi connectivity index (χ2v) is 6.97. The zero-order valence-electron chi connectivity index (χ0n) is 14.7. The molecule has 134 valence electrons. The van der Waals surface area contributed by atoms with Crippen LogP contribution in [0.5, 0.6) is 0 Å². The van der Waals surface area contributed by atoms with Crippen LogP contribution >= 0.6 is 11.8 Å². The third-order valence-electron chi connectivity index (χ3n) is 4.12. The van der Waals surface area contributed by atoms with Crippen LogP contribution in [0.3, 0.4) is 0 Å². The van der Waals surface area contributed by atoms with Gasteiger partial charge in [-0.05, 0) is 24.6 Å². The van der Waals surface area contributed by atoms with Gasteiger partial charge in [0, 0.05) is 17.5 Å². The van der Waals surface area contributed by atoms with Crippen molar-refractivity contribution in [1.82, 2.24) is 9.97 Å². The number of hydrogen-bond donors (Lipinski definition) is 1. The second kappa shape index (κ2) is 8.47.